The van der Waals surface area contributed by atoms with Gasteiger partial charge in [0.05, 0.1) is 19.1 Å². The molecule has 1 amide bonds. The summed E-state index contributed by atoms with van der Waals surface area (Å²) in [5.74, 6) is -0.318. The van der Waals surface area contributed by atoms with Crippen LogP contribution >= 0.6 is 11.3 Å². The van der Waals surface area contributed by atoms with Crippen LogP contribution in [0.25, 0.3) is 0 Å². The minimum Gasteiger partial charge on any atom is -0.334 e. The van der Waals surface area contributed by atoms with E-state index < -0.39 is 23.6 Å². The summed E-state index contributed by atoms with van der Waals surface area (Å²) in [4.78, 5) is 54.0. The number of carbonyl (C=O) groups excluding carboxylic acids is 1. The lowest BCUT2D eigenvalue weighted by Crippen LogP contribution is -2.56. The smallest absolute Gasteiger partial charge is 0.334 e. The van der Waals surface area contributed by atoms with Gasteiger partial charge < -0.3 is 4.90 Å². The van der Waals surface area contributed by atoms with Gasteiger partial charge in [0.2, 0.25) is 5.91 Å². The fourth-order valence-corrected chi connectivity index (χ4v) is 4.68. The zero-order chi connectivity index (χ0) is 21.1. The molecule has 2 aromatic heterocycles. The molecule has 2 aromatic rings. The Kier molecular flexibility index (Phi) is 6.17. The quantitative estimate of drug-likeness (QED) is 0.634. The number of hydrogen-bond acceptors (Lipinski definition) is 5. The standard InChI is InChI=1S/C20H24N4O4S/c1-4-9-22-18(26)23(10-5-2)20(28)24(19(22)27)13-17(25)21-11-7-16-14(8-12-29-16)15(21)6-3/h4-5,8,12,15H,1-2,6-7,9-11,13H2,3H3. The number of fused-ring (bicyclic) bond motifs is 1. The maximum atomic E-state index is 13.1. The molecule has 0 N–H and O–H groups in total. The lowest BCUT2D eigenvalue weighted by Gasteiger charge is -2.35. The first-order valence-electron chi connectivity index (χ1n) is 9.46. The van der Waals surface area contributed by atoms with Gasteiger partial charge in [-0.25, -0.2) is 28.1 Å². The third-order valence-corrected chi connectivity index (χ3v) is 6.10. The SMILES string of the molecule is C=CCn1c(=O)n(CC=C)c(=O)n(CC(=O)N2CCc3sccc3C2CC)c1=O. The number of nitrogens with zero attached hydrogens (tertiary/aromatic N) is 4. The van der Waals surface area contributed by atoms with E-state index in [1.165, 1.54) is 17.0 Å². The van der Waals surface area contributed by atoms with Crippen LogP contribution in [0.4, 0.5) is 0 Å². The molecule has 29 heavy (non-hydrogen) atoms. The summed E-state index contributed by atoms with van der Waals surface area (Å²) in [7, 11) is 0. The van der Waals surface area contributed by atoms with Crippen molar-refractivity contribution in [3.63, 3.8) is 0 Å². The molecule has 0 aliphatic carbocycles. The fourth-order valence-electron chi connectivity index (χ4n) is 3.75. The summed E-state index contributed by atoms with van der Waals surface area (Å²) in [6.45, 7) is 9.12. The summed E-state index contributed by atoms with van der Waals surface area (Å²) < 4.78 is 2.62. The largest absolute Gasteiger partial charge is 0.337 e. The van der Waals surface area contributed by atoms with Gasteiger partial charge in [0, 0.05) is 11.4 Å². The van der Waals surface area contributed by atoms with E-state index in [1.807, 2.05) is 18.4 Å². The van der Waals surface area contributed by atoms with Gasteiger partial charge in [-0.05, 0) is 29.9 Å². The molecule has 0 spiro atoms. The Bertz CT molecular complexity index is 1070. The second-order valence-electron chi connectivity index (χ2n) is 6.79. The predicted molar refractivity (Wildman–Crippen MR) is 112 cm³/mol. The van der Waals surface area contributed by atoms with Crippen molar-refractivity contribution in [2.45, 2.75) is 45.4 Å². The van der Waals surface area contributed by atoms with Crippen molar-refractivity contribution in [3.8, 4) is 0 Å². The van der Waals surface area contributed by atoms with Gasteiger partial charge in [0.1, 0.15) is 6.54 Å². The van der Waals surface area contributed by atoms with Gasteiger partial charge >= 0.3 is 17.1 Å². The van der Waals surface area contributed by atoms with E-state index in [4.69, 9.17) is 0 Å². The first kappa shape index (κ1) is 20.8. The molecular weight excluding hydrogens is 392 g/mol. The highest BCUT2D eigenvalue weighted by molar-refractivity contribution is 7.10. The number of rotatable bonds is 7. The monoisotopic (exact) mass is 416 g/mol. The molecule has 3 rings (SSSR count). The zero-order valence-electron chi connectivity index (χ0n) is 16.4. The number of aromatic nitrogens is 3. The molecule has 1 aliphatic heterocycles. The minimum atomic E-state index is -0.810. The van der Waals surface area contributed by atoms with Gasteiger partial charge in [-0.15, -0.1) is 24.5 Å². The van der Waals surface area contributed by atoms with Gasteiger partial charge in [-0.2, -0.15) is 0 Å². The Morgan fingerprint density at radius 1 is 1.10 bits per heavy atom. The van der Waals surface area contributed by atoms with Gasteiger partial charge in [0.25, 0.3) is 0 Å². The molecular formula is C20H24N4O4S. The number of allylic oxidation sites excluding steroid dienone is 2. The Balaban J connectivity index is 2.01. The van der Waals surface area contributed by atoms with Crippen LogP contribution in [0.5, 0.6) is 0 Å². The maximum Gasteiger partial charge on any atom is 0.337 e. The van der Waals surface area contributed by atoms with Crippen LogP contribution < -0.4 is 17.1 Å². The molecule has 0 aromatic carbocycles. The predicted octanol–water partition coefficient (Wildman–Crippen LogP) is 1.14. The number of thiophene rings is 1. The highest BCUT2D eigenvalue weighted by Gasteiger charge is 2.31. The van der Waals surface area contributed by atoms with Crippen molar-refractivity contribution in [3.05, 3.63) is 78.6 Å². The van der Waals surface area contributed by atoms with Crippen LogP contribution in [0.2, 0.25) is 0 Å². The fraction of sp³-hybridized carbons (Fsp3) is 0.400. The van der Waals surface area contributed by atoms with E-state index in [0.29, 0.717) is 6.54 Å². The van der Waals surface area contributed by atoms with Gasteiger partial charge in [-0.3, -0.25) is 4.79 Å². The van der Waals surface area contributed by atoms with Crippen LogP contribution in [0, 0.1) is 0 Å². The van der Waals surface area contributed by atoms with E-state index in [0.717, 1.165) is 32.1 Å². The molecule has 9 heteroatoms. The lowest BCUT2D eigenvalue weighted by molar-refractivity contribution is -0.135. The van der Waals surface area contributed by atoms with Crippen LogP contribution in [-0.2, 0) is 30.8 Å². The molecule has 154 valence electrons. The molecule has 0 bridgehead atoms. The topological polar surface area (TPSA) is 86.3 Å². The summed E-state index contributed by atoms with van der Waals surface area (Å²) in [6.07, 6.45) is 4.28. The summed E-state index contributed by atoms with van der Waals surface area (Å²) in [5.41, 5.74) is -1.23. The average molecular weight is 417 g/mol. The van der Waals surface area contributed by atoms with Crippen LogP contribution in [0.1, 0.15) is 29.8 Å². The van der Waals surface area contributed by atoms with E-state index in [1.54, 1.807) is 16.2 Å². The summed E-state index contributed by atoms with van der Waals surface area (Å²) >= 11 is 1.68. The molecule has 0 fully saturated rings. The molecule has 8 nitrogen and oxygen atoms in total. The lowest BCUT2D eigenvalue weighted by atomic mass is 9.98. The van der Waals surface area contributed by atoms with E-state index >= 15 is 0 Å². The van der Waals surface area contributed by atoms with Crippen LogP contribution in [0.15, 0.2) is 51.1 Å². The second-order valence-corrected chi connectivity index (χ2v) is 7.79. The zero-order valence-corrected chi connectivity index (χ0v) is 17.2. The van der Waals surface area contributed by atoms with Crippen molar-refractivity contribution in [1.82, 2.24) is 18.6 Å². The van der Waals surface area contributed by atoms with Crippen molar-refractivity contribution >= 4 is 17.2 Å². The third-order valence-electron chi connectivity index (χ3n) is 5.10. The molecule has 0 radical (unpaired) electrons. The Morgan fingerprint density at radius 2 is 1.69 bits per heavy atom. The first-order chi connectivity index (χ1) is 13.9. The Labute approximate surface area is 171 Å². The average Bonchev–Trinajstić information content (AvgIpc) is 3.19. The summed E-state index contributed by atoms with van der Waals surface area (Å²) in [5, 5.41) is 2.02. The van der Waals surface area contributed by atoms with Crippen LogP contribution in [0.3, 0.4) is 0 Å². The van der Waals surface area contributed by atoms with Crippen molar-refractivity contribution < 1.29 is 4.79 Å². The molecule has 1 unspecified atom stereocenters. The second kappa shape index (κ2) is 8.60. The molecule has 0 saturated heterocycles. The van der Waals surface area contributed by atoms with E-state index in [-0.39, 0.29) is 25.0 Å². The van der Waals surface area contributed by atoms with Crippen molar-refractivity contribution in [1.29, 1.82) is 0 Å². The number of carbonyl (C=O) groups is 1. The third kappa shape index (κ3) is 3.69. The van der Waals surface area contributed by atoms with Crippen LogP contribution in [-0.4, -0.2) is 31.1 Å². The maximum absolute atomic E-state index is 13.1. The van der Waals surface area contributed by atoms with Gasteiger partial charge in [-0.1, -0.05) is 19.1 Å². The van der Waals surface area contributed by atoms with Gasteiger partial charge in [0.15, 0.2) is 0 Å². The Morgan fingerprint density at radius 3 is 2.24 bits per heavy atom. The molecule has 1 aliphatic rings. The molecule has 0 saturated carbocycles. The Hall–Kier alpha value is -2.94. The van der Waals surface area contributed by atoms with E-state index in [9.17, 15) is 19.2 Å². The molecule has 3 heterocycles. The van der Waals surface area contributed by atoms with Crippen molar-refractivity contribution in [2.24, 2.45) is 0 Å². The molecule has 1 atom stereocenters. The minimum absolute atomic E-state index is 0.0527. The number of amides is 1. The highest BCUT2D eigenvalue weighted by Crippen LogP contribution is 2.35. The first-order valence-corrected chi connectivity index (χ1v) is 10.3. The normalized spacial score (nSPS) is 15.8. The highest BCUT2D eigenvalue weighted by atomic mass is 32.1. The summed E-state index contributed by atoms with van der Waals surface area (Å²) in [6, 6.07) is 1.95. The number of hydrogen-bond donors (Lipinski definition) is 0. The van der Waals surface area contributed by atoms with Crippen molar-refractivity contribution in [2.75, 3.05) is 6.54 Å². The van der Waals surface area contributed by atoms with E-state index in [2.05, 4.69) is 13.2 Å².